The van der Waals surface area contributed by atoms with Gasteiger partial charge in [0.15, 0.2) is 0 Å². The van der Waals surface area contributed by atoms with Gasteiger partial charge >= 0.3 is 0 Å². The Morgan fingerprint density at radius 3 is 2.61 bits per heavy atom. The van der Waals surface area contributed by atoms with Crippen LogP contribution in [0.5, 0.6) is 5.75 Å². The summed E-state index contributed by atoms with van der Waals surface area (Å²) in [5, 5.41) is 3.31. The molecule has 0 spiro atoms. The molecule has 38 heavy (non-hydrogen) atoms. The van der Waals surface area contributed by atoms with Crippen LogP contribution in [0, 0.1) is 5.92 Å². The van der Waals surface area contributed by atoms with Gasteiger partial charge < -0.3 is 29.2 Å². The van der Waals surface area contributed by atoms with E-state index in [4.69, 9.17) is 30.5 Å². The van der Waals surface area contributed by atoms with Gasteiger partial charge in [0, 0.05) is 33.6 Å². The second-order valence-corrected chi connectivity index (χ2v) is 10.8. The van der Waals surface area contributed by atoms with Gasteiger partial charge in [-0.2, -0.15) is 0 Å². The summed E-state index contributed by atoms with van der Waals surface area (Å²) in [5.74, 6) is 0.506. The Morgan fingerprint density at radius 1 is 1.24 bits per heavy atom. The topological polar surface area (TPSA) is 89.6 Å². The highest BCUT2D eigenvalue weighted by Crippen LogP contribution is 2.47. The monoisotopic (exact) mass is 548 g/mol. The average molecular weight is 549 g/mol. The molecule has 2 amide bonds. The highest BCUT2D eigenvalue weighted by atomic mass is 35.5. The number of methoxy groups -OCH3 is 3. The minimum absolute atomic E-state index is 0.0369. The lowest BCUT2D eigenvalue weighted by atomic mass is 9.86. The van der Waals surface area contributed by atoms with Gasteiger partial charge in [-0.3, -0.25) is 9.59 Å². The van der Waals surface area contributed by atoms with Crippen LogP contribution in [-0.2, 0) is 30.2 Å². The molecule has 1 fully saturated rings. The molecule has 2 aliphatic heterocycles. The number of epoxide rings is 1. The summed E-state index contributed by atoms with van der Waals surface area (Å²) in [4.78, 5) is 26.3. The number of allylic oxidation sites excluding steroid dienone is 3. The molecule has 1 aromatic carbocycles. The fourth-order valence-electron chi connectivity index (χ4n) is 5.35. The zero-order chi connectivity index (χ0) is 28.0. The number of halogens is 1. The first kappa shape index (κ1) is 30.2. The lowest BCUT2D eigenvalue weighted by Crippen LogP contribution is -2.44. The van der Waals surface area contributed by atoms with E-state index in [-0.39, 0.29) is 36.2 Å². The molecule has 0 aliphatic carbocycles. The molecule has 2 aliphatic rings. The van der Waals surface area contributed by atoms with Crippen molar-refractivity contribution in [1.82, 2.24) is 5.32 Å². The minimum Gasteiger partial charge on any atom is -0.495 e. The minimum atomic E-state index is -0.436. The standard InChI is InChI=1S/C29H41ClN2O6/c1-18-9-8-10-23(35-5)21(31-17-33)16-24(36-6)19(2)28-29(3,38-28)12-11-26(34)32(4)22-14-20(13-18)15-25(37-7)27(22)30/h8-10,14-15,17,19,21,23-24,28H,11-13,16H2,1-7H3,(H,31,33)/b10-8+,18-9+/t19-,21?,23-,24?,28?,29?/m1/s1. The SMILES string of the molecule is COc1cc2cc(c1Cl)N(C)C(=O)CCC1(C)OC1[C@H](C)C(OC)CC(NC=O)[C@H](OC)/C=C/C=C(\C)C2. The average Bonchev–Trinajstić information content (AvgIpc) is 3.58. The van der Waals surface area contributed by atoms with Crippen LogP contribution in [0.3, 0.4) is 0 Å². The number of nitrogens with zero attached hydrogens (tertiary/aromatic N) is 1. The van der Waals surface area contributed by atoms with Gasteiger partial charge in [0.1, 0.15) is 10.8 Å². The van der Waals surface area contributed by atoms with E-state index >= 15 is 0 Å². The number of ether oxygens (including phenoxy) is 4. The van der Waals surface area contributed by atoms with Crippen molar-refractivity contribution in [2.24, 2.45) is 5.92 Å². The van der Waals surface area contributed by atoms with Crippen molar-refractivity contribution < 1.29 is 28.5 Å². The number of anilines is 1. The number of hydrogen-bond acceptors (Lipinski definition) is 6. The number of nitrogens with one attached hydrogen (secondary N) is 1. The Balaban J connectivity index is 2.00. The number of rotatable bonds is 5. The van der Waals surface area contributed by atoms with E-state index in [0.29, 0.717) is 48.6 Å². The number of amides is 2. The van der Waals surface area contributed by atoms with E-state index in [2.05, 4.69) is 12.2 Å². The molecule has 2 bridgehead atoms. The molecule has 1 aromatic rings. The van der Waals surface area contributed by atoms with Crippen LogP contribution in [0.25, 0.3) is 0 Å². The molecule has 9 heteroatoms. The Bertz CT molecular complexity index is 1060. The summed E-state index contributed by atoms with van der Waals surface area (Å²) in [5.41, 5.74) is 2.24. The van der Waals surface area contributed by atoms with Crippen molar-refractivity contribution in [3.8, 4) is 5.75 Å². The molecule has 0 radical (unpaired) electrons. The molecule has 3 rings (SSSR count). The van der Waals surface area contributed by atoms with Crippen molar-refractivity contribution in [2.45, 2.75) is 76.4 Å². The third-order valence-electron chi connectivity index (χ3n) is 7.78. The third kappa shape index (κ3) is 6.97. The van der Waals surface area contributed by atoms with Crippen LogP contribution in [0.1, 0.15) is 45.6 Å². The predicted molar refractivity (Wildman–Crippen MR) is 149 cm³/mol. The normalized spacial score (nSPS) is 33.1. The number of hydrogen-bond donors (Lipinski definition) is 1. The van der Waals surface area contributed by atoms with E-state index in [1.165, 1.54) is 0 Å². The van der Waals surface area contributed by atoms with Crippen molar-refractivity contribution in [2.75, 3.05) is 33.3 Å². The second kappa shape index (κ2) is 13.1. The van der Waals surface area contributed by atoms with E-state index in [0.717, 1.165) is 11.1 Å². The van der Waals surface area contributed by atoms with E-state index in [1.54, 1.807) is 33.3 Å². The Kier molecular flexibility index (Phi) is 10.4. The molecular formula is C29H41ClN2O6. The Hall–Kier alpha value is -2.39. The summed E-state index contributed by atoms with van der Waals surface area (Å²) < 4.78 is 23.3. The van der Waals surface area contributed by atoms with Gasteiger partial charge in [-0.25, -0.2) is 0 Å². The van der Waals surface area contributed by atoms with Gasteiger partial charge in [-0.15, -0.1) is 0 Å². The van der Waals surface area contributed by atoms with Gasteiger partial charge in [0.25, 0.3) is 0 Å². The number of fused-ring (bicyclic) bond motifs is 3. The van der Waals surface area contributed by atoms with E-state index in [9.17, 15) is 9.59 Å². The van der Waals surface area contributed by atoms with E-state index in [1.807, 2.05) is 44.2 Å². The van der Waals surface area contributed by atoms with Gasteiger partial charge in [-0.05, 0) is 50.8 Å². The molecule has 0 aromatic heterocycles. The summed E-state index contributed by atoms with van der Waals surface area (Å²) in [7, 11) is 6.60. The third-order valence-corrected chi connectivity index (χ3v) is 8.16. The quantitative estimate of drug-likeness (QED) is 0.431. The number of carbonyl (C=O) groups is 2. The molecule has 2 heterocycles. The van der Waals surface area contributed by atoms with Crippen molar-refractivity contribution in [3.63, 3.8) is 0 Å². The van der Waals surface area contributed by atoms with Crippen molar-refractivity contribution in [3.05, 3.63) is 46.5 Å². The van der Waals surface area contributed by atoms with Crippen LogP contribution < -0.4 is 15.0 Å². The van der Waals surface area contributed by atoms with Gasteiger partial charge in [-0.1, -0.05) is 42.3 Å². The smallest absolute Gasteiger partial charge is 0.226 e. The summed E-state index contributed by atoms with van der Waals surface area (Å²) in [6, 6.07) is 3.54. The van der Waals surface area contributed by atoms with Crippen molar-refractivity contribution >= 4 is 29.6 Å². The lowest BCUT2D eigenvalue weighted by Gasteiger charge is -2.30. The summed E-state index contributed by atoms with van der Waals surface area (Å²) >= 11 is 6.63. The highest BCUT2D eigenvalue weighted by Gasteiger charge is 2.56. The molecule has 6 atom stereocenters. The van der Waals surface area contributed by atoms with Crippen LogP contribution in [0.2, 0.25) is 5.02 Å². The van der Waals surface area contributed by atoms with Gasteiger partial charge in [0.05, 0.1) is 42.8 Å². The zero-order valence-corrected chi connectivity index (χ0v) is 24.2. The molecule has 8 nitrogen and oxygen atoms in total. The van der Waals surface area contributed by atoms with E-state index < -0.39 is 5.60 Å². The lowest BCUT2D eigenvalue weighted by molar-refractivity contribution is -0.118. The maximum absolute atomic E-state index is 13.2. The molecule has 1 N–H and O–H groups in total. The van der Waals surface area contributed by atoms with Crippen LogP contribution in [0.15, 0.2) is 35.9 Å². The summed E-state index contributed by atoms with van der Waals surface area (Å²) in [6.07, 6.45) is 8.03. The Labute approximate surface area is 231 Å². The molecule has 210 valence electrons. The Morgan fingerprint density at radius 2 is 1.97 bits per heavy atom. The first-order valence-corrected chi connectivity index (χ1v) is 13.4. The molecular weight excluding hydrogens is 508 g/mol. The zero-order valence-electron chi connectivity index (χ0n) is 23.5. The predicted octanol–water partition coefficient (Wildman–Crippen LogP) is 4.48. The molecule has 4 unspecified atom stereocenters. The van der Waals surface area contributed by atoms with Gasteiger partial charge in [0.2, 0.25) is 12.3 Å². The molecule has 1 saturated heterocycles. The van der Waals surface area contributed by atoms with Crippen molar-refractivity contribution in [1.29, 1.82) is 0 Å². The van der Waals surface area contributed by atoms with Crippen LogP contribution in [0.4, 0.5) is 5.69 Å². The number of benzene rings is 1. The van der Waals surface area contributed by atoms with Crippen LogP contribution in [-0.4, -0.2) is 70.6 Å². The second-order valence-electron chi connectivity index (χ2n) is 10.5. The summed E-state index contributed by atoms with van der Waals surface area (Å²) in [6.45, 7) is 6.14. The first-order chi connectivity index (χ1) is 18.1. The fourth-order valence-corrected chi connectivity index (χ4v) is 5.67. The largest absolute Gasteiger partial charge is 0.495 e. The maximum Gasteiger partial charge on any atom is 0.226 e. The first-order valence-electron chi connectivity index (χ1n) is 13.0. The fraction of sp³-hybridized carbons (Fsp3) is 0.586. The highest BCUT2D eigenvalue weighted by molar-refractivity contribution is 6.35. The number of carbonyl (C=O) groups excluding carboxylic acids is 2. The molecule has 0 saturated carbocycles. The van der Waals surface area contributed by atoms with Crippen LogP contribution >= 0.6 is 11.6 Å². The maximum atomic E-state index is 13.2.